The zero-order valence-corrected chi connectivity index (χ0v) is 28.9. The van der Waals surface area contributed by atoms with Crippen LogP contribution in [0, 0.1) is 17.6 Å². The summed E-state index contributed by atoms with van der Waals surface area (Å²) >= 11 is 12.9. The Hall–Kier alpha value is -4.42. The number of fused-ring (bicyclic) bond motifs is 4. The average molecular weight is 791 g/mol. The predicted molar refractivity (Wildman–Crippen MR) is 175 cm³/mol. The minimum Gasteiger partial charge on any atom is -0.368 e. The molecule has 0 spiro atoms. The van der Waals surface area contributed by atoms with E-state index in [1.807, 2.05) is 0 Å². The van der Waals surface area contributed by atoms with Crippen molar-refractivity contribution >= 4 is 55.9 Å². The number of anilines is 1. The molecule has 1 fully saturated rings. The number of amides is 1. The number of carbonyl (C=O) groups is 1. The monoisotopic (exact) mass is 789 g/mol. The highest BCUT2D eigenvalue weighted by Gasteiger charge is 2.69. The first-order chi connectivity index (χ1) is 24.2. The Morgan fingerprint density at radius 1 is 1.08 bits per heavy atom. The van der Waals surface area contributed by atoms with Crippen molar-refractivity contribution in [1.82, 2.24) is 24.5 Å². The molecule has 0 saturated heterocycles. The Balaban J connectivity index is 1.52. The molecule has 274 valence electrons. The van der Waals surface area contributed by atoms with Gasteiger partial charge in [-0.05, 0) is 54.7 Å². The van der Waals surface area contributed by atoms with Crippen molar-refractivity contribution in [3.8, 4) is 11.1 Å². The van der Waals surface area contributed by atoms with Crippen molar-refractivity contribution in [1.29, 1.82) is 0 Å². The number of halogens is 9. The van der Waals surface area contributed by atoms with Gasteiger partial charge in [0.25, 0.3) is 5.92 Å². The fourth-order valence-corrected chi connectivity index (χ4v) is 8.15. The fourth-order valence-electron chi connectivity index (χ4n) is 7.26. The minimum atomic E-state index is -5.20. The van der Waals surface area contributed by atoms with Gasteiger partial charge in [-0.25, -0.2) is 26.9 Å². The summed E-state index contributed by atoms with van der Waals surface area (Å²) < 4.78 is 132. The van der Waals surface area contributed by atoms with Crippen LogP contribution in [0.25, 0.3) is 22.0 Å². The first-order valence-corrected chi connectivity index (χ1v) is 17.9. The number of alkyl halides is 5. The molecule has 20 heteroatoms. The molecule has 0 aliphatic heterocycles. The van der Waals surface area contributed by atoms with E-state index in [0.717, 1.165) is 18.4 Å². The van der Waals surface area contributed by atoms with Crippen molar-refractivity contribution < 1.29 is 43.9 Å². The molecule has 52 heavy (non-hydrogen) atoms. The van der Waals surface area contributed by atoms with E-state index in [4.69, 9.17) is 28.9 Å². The first kappa shape index (κ1) is 36.0. The second-order valence-corrected chi connectivity index (χ2v) is 15.3. The molecule has 2 aromatic carbocycles. The van der Waals surface area contributed by atoms with E-state index >= 15 is 8.78 Å². The summed E-state index contributed by atoms with van der Waals surface area (Å²) in [5.74, 6) is -11.8. The number of nitrogens with one attached hydrogen (secondary N) is 1. The number of rotatable bonds is 9. The van der Waals surface area contributed by atoms with Gasteiger partial charge in [0.05, 0.1) is 27.9 Å². The van der Waals surface area contributed by atoms with E-state index in [-0.39, 0.29) is 60.4 Å². The van der Waals surface area contributed by atoms with Crippen LogP contribution in [0.5, 0.6) is 0 Å². The zero-order valence-electron chi connectivity index (χ0n) is 26.6. The standard InChI is InChI=1S/C32H24Cl2F7N7O3S/c1-47-25-16(3-5-20(33)23(25)30(45-47)46-52(2,50)51)15-4-6-21(34)43-24(15)18(9-12-7-13(35)10-14(36)8-12)26(29(42)49)48-28-22(27(44-48)32(39,40)41)17-11-19(17)31(28,37)38/h3-8,10,17-19,26H,9,11H2,1-2H3,(H2,42,49)(H,45,46)/t17-,18+,19+,26?/m0/s1. The number of benzene rings is 2. The molecule has 1 unspecified atom stereocenters. The van der Waals surface area contributed by atoms with Crippen LogP contribution < -0.4 is 10.5 Å². The molecule has 10 nitrogen and oxygen atoms in total. The number of aromatic nitrogens is 5. The topological polar surface area (TPSA) is 138 Å². The van der Waals surface area contributed by atoms with Crippen molar-refractivity contribution in [3.63, 3.8) is 0 Å². The normalized spacial score (nSPS) is 19.0. The highest BCUT2D eigenvalue weighted by molar-refractivity contribution is 7.92. The number of aryl methyl sites for hydroxylation is 1. The molecule has 3 aromatic heterocycles. The lowest BCUT2D eigenvalue weighted by molar-refractivity contribution is -0.142. The van der Waals surface area contributed by atoms with E-state index in [0.29, 0.717) is 6.07 Å². The molecule has 2 aliphatic rings. The largest absolute Gasteiger partial charge is 0.435 e. The first-order valence-electron chi connectivity index (χ1n) is 15.3. The van der Waals surface area contributed by atoms with Gasteiger partial charge in [-0.15, -0.1) is 0 Å². The van der Waals surface area contributed by atoms with Crippen molar-refractivity contribution in [2.24, 2.45) is 18.7 Å². The van der Waals surface area contributed by atoms with Crippen molar-refractivity contribution in [2.45, 2.75) is 42.8 Å². The second-order valence-electron chi connectivity index (χ2n) is 12.8. The molecular weight excluding hydrogens is 766 g/mol. The van der Waals surface area contributed by atoms with E-state index in [2.05, 4.69) is 19.9 Å². The van der Waals surface area contributed by atoms with Crippen LogP contribution in [0.4, 0.5) is 36.6 Å². The Morgan fingerprint density at radius 3 is 2.35 bits per heavy atom. The smallest absolute Gasteiger partial charge is 0.368 e. The third-order valence-corrected chi connectivity index (χ3v) is 10.3. The van der Waals surface area contributed by atoms with Crippen LogP contribution in [-0.2, 0) is 40.4 Å². The van der Waals surface area contributed by atoms with Gasteiger partial charge in [0, 0.05) is 41.6 Å². The molecule has 0 bridgehead atoms. The summed E-state index contributed by atoms with van der Waals surface area (Å²) in [7, 11) is -2.42. The number of hydrogen-bond donors (Lipinski definition) is 2. The van der Waals surface area contributed by atoms with Crippen LogP contribution in [0.1, 0.15) is 52.5 Å². The van der Waals surface area contributed by atoms with Crippen LogP contribution >= 0.6 is 23.2 Å². The summed E-state index contributed by atoms with van der Waals surface area (Å²) in [6, 6.07) is 5.77. The van der Waals surface area contributed by atoms with E-state index < -0.39 is 86.8 Å². The lowest BCUT2D eigenvalue weighted by Crippen LogP contribution is -2.37. The molecule has 2 aliphatic carbocycles. The zero-order chi connectivity index (χ0) is 37.8. The molecule has 1 saturated carbocycles. The number of carbonyl (C=O) groups excluding carboxylic acids is 1. The molecule has 3 N–H and O–H groups in total. The van der Waals surface area contributed by atoms with Crippen LogP contribution in [0.15, 0.2) is 42.5 Å². The van der Waals surface area contributed by atoms with Gasteiger partial charge in [-0.1, -0.05) is 29.3 Å². The SMILES string of the molecule is Cn1nc(NS(C)(=O)=O)c2c(Cl)ccc(-c3ccc(Cl)nc3[C@@H](Cc3cc(F)cc(F)c3)C(C(N)=O)n3nc(C(F)(F)F)c4c3C(F)(F)[C@@H]3C[C@H]43)c21. The Labute approximate surface area is 299 Å². The molecule has 3 heterocycles. The summed E-state index contributed by atoms with van der Waals surface area (Å²) in [5.41, 5.74) is 2.51. The second kappa shape index (κ2) is 12.1. The van der Waals surface area contributed by atoms with Gasteiger partial charge in [-0.2, -0.15) is 32.1 Å². The van der Waals surface area contributed by atoms with Gasteiger partial charge in [0.15, 0.2) is 11.5 Å². The number of hydrogen-bond acceptors (Lipinski definition) is 6. The Bertz CT molecular complexity index is 2410. The van der Waals surface area contributed by atoms with Gasteiger partial charge in [-0.3, -0.25) is 14.2 Å². The summed E-state index contributed by atoms with van der Waals surface area (Å²) in [4.78, 5) is 17.9. The van der Waals surface area contributed by atoms with E-state index in [1.54, 1.807) is 0 Å². The minimum absolute atomic E-state index is 0.0517. The molecule has 4 atom stereocenters. The van der Waals surface area contributed by atoms with E-state index in [9.17, 15) is 35.2 Å². The van der Waals surface area contributed by atoms with E-state index in [1.165, 1.54) is 36.0 Å². The summed E-state index contributed by atoms with van der Waals surface area (Å²) in [6.07, 6.45) is -5.13. The van der Waals surface area contributed by atoms with Crippen molar-refractivity contribution in [3.05, 3.63) is 92.5 Å². The molecular formula is C32H24Cl2F7N7O3S. The molecule has 1 amide bonds. The maximum absolute atomic E-state index is 15.9. The highest BCUT2D eigenvalue weighted by atomic mass is 35.5. The predicted octanol–water partition coefficient (Wildman–Crippen LogP) is 7.07. The lowest BCUT2D eigenvalue weighted by Gasteiger charge is -2.29. The van der Waals surface area contributed by atoms with Crippen LogP contribution in [0.2, 0.25) is 10.2 Å². The molecule has 0 radical (unpaired) electrons. The van der Waals surface area contributed by atoms with Crippen molar-refractivity contribution in [2.75, 3.05) is 11.0 Å². The van der Waals surface area contributed by atoms with Gasteiger partial charge < -0.3 is 5.73 Å². The quantitative estimate of drug-likeness (QED) is 0.121. The number of primary amides is 1. The summed E-state index contributed by atoms with van der Waals surface area (Å²) in [6.45, 7) is 0. The highest BCUT2D eigenvalue weighted by Crippen LogP contribution is 2.69. The molecule has 7 rings (SSSR count). The Morgan fingerprint density at radius 2 is 1.73 bits per heavy atom. The van der Waals surface area contributed by atoms with Crippen LogP contribution in [0.3, 0.4) is 0 Å². The number of nitrogens with zero attached hydrogens (tertiary/aromatic N) is 5. The number of pyridine rings is 1. The third kappa shape index (κ3) is 6.03. The summed E-state index contributed by atoms with van der Waals surface area (Å²) in [5, 5.41) is 7.74. The van der Waals surface area contributed by atoms with Gasteiger partial charge >= 0.3 is 6.18 Å². The van der Waals surface area contributed by atoms with Gasteiger partial charge in [0.1, 0.15) is 28.5 Å². The molecule has 5 aromatic rings. The van der Waals surface area contributed by atoms with Crippen LogP contribution in [-0.4, -0.2) is 45.1 Å². The maximum atomic E-state index is 15.9. The lowest BCUT2D eigenvalue weighted by atomic mass is 9.84. The maximum Gasteiger partial charge on any atom is 0.435 e. The fraction of sp³-hybridized carbons (Fsp3) is 0.312. The Kier molecular flexibility index (Phi) is 8.34. The number of sulfonamides is 1. The van der Waals surface area contributed by atoms with Gasteiger partial charge in [0.2, 0.25) is 15.9 Å². The number of nitrogens with two attached hydrogens (primary N) is 1. The third-order valence-electron chi connectivity index (χ3n) is 9.22. The average Bonchev–Trinajstić information content (AvgIpc) is 3.53.